The van der Waals surface area contributed by atoms with E-state index in [1.165, 1.54) is 6.07 Å². The van der Waals surface area contributed by atoms with Crippen LogP contribution in [0, 0.1) is 6.92 Å². The third kappa shape index (κ3) is 2.78. The van der Waals surface area contributed by atoms with Crippen molar-refractivity contribution in [3.8, 4) is 0 Å². The van der Waals surface area contributed by atoms with Crippen LogP contribution in [0.3, 0.4) is 0 Å². The number of nitrogen functional groups attached to an aromatic ring is 1. The van der Waals surface area contributed by atoms with Crippen LogP contribution in [0.1, 0.15) is 11.7 Å². The molecule has 0 aromatic carbocycles. The van der Waals surface area contributed by atoms with Crippen molar-refractivity contribution in [2.45, 2.75) is 13.5 Å². The zero-order valence-corrected chi connectivity index (χ0v) is 10.4. The van der Waals surface area contributed by atoms with Gasteiger partial charge in [0.05, 0.1) is 16.6 Å². The number of aromatic nitrogens is 3. The van der Waals surface area contributed by atoms with Crippen LogP contribution in [-0.4, -0.2) is 15.1 Å². The molecule has 2 aromatic heterocycles. The lowest BCUT2D eigenvalue weighted by molar-refractivity contribution is 0.379. The molecule has 0 aliphatic heterocycles. The van der Waals surface area contributed by atoms with Crippen LogP contribution >= 0.6 is 23.2 Å². The molecule has 0 fully saturated rings. The van der Waals surface area contributed by atoms with Crippen molar-refractivity contribution in [1.29, 1.82) is 0 Å². The van der Waals surface area contributed by atoms with Gasteiger partial charge in [-0.05, 0) is 13.0 Å². The van der Waals surface area contributed by atoms with E-state index in [1.54, 1.807) is 6.92 Å². The van der Waals surface area contributed by atoms with E-state index in [0.717, 1.165) is 0 Å². The van der Waals surface area contributed by atoms with Crippen molar-refractivity contribution in [3.63, 3.8) is 0 Å². The van der Waals surface area contributed by atoms with Gasteiger partial charge in [-0.2, -0.15) is 4.98 Å². The minimum absolute atomic E-state index is 0.209. The van der Waals surface area contributed by atoms with Gasteiger partial charge in [-0.3, -0.25) is 0 Å². The van der Waals surface area contributed by atoms with Crippen molar-refractivity contribution in [2.75, 3.05) is 11.1 Å². The lowest BCUT2D eigenvalue weighted by Gasteiger charge is -2.06. The van der Waals surface area contributed by atoms with E-state index in [9.17, 15) is 0 Å². The van der Waals surface area contributed by atoms with Crippen LogP contribution in [0.5, 0.6) is 0 Å². The van der Waals surface area contributed by atoms with Crippen LogP contribution < -0.4 is 11.1 Å². The first-order valence-corrected chi connectivity index (χ1v) is 5.46. The Morgan fingerprint density at radius 1 is 1.35 bits per heavy atom. The van der Waals surface area contributed by atoms with E-state index in [0.29, 0.717) is 34.1 Å². The Morgan fingerprint density at radius 3 is 2.76 bits per heavy atom. The van der Waals surface area contributed by atoms with E-state index < -0.39 is 0 Å². The summed E-state index contributed by atoms with van der Waals surface area (Å²) in [6.45, 7) is 2.05. The lowest BCUT2D eigenvalue weighted by Crippen LogP contribution is -2.04. The third-order valence-electron chi connectivity index (χ3n) is 1.93. The first-order valence-electron chi connectivity index (χ1n) is 4.71. The molecule has 90 valence electrons. The molecule has 3 N–H and O–H groups in total. The Bertz CT molecular complexity index is 542. The molecule has 0 amide bonds. The molecule has 0 saturated heterocycles. The molecule has 0 atom stereocenters. The smallest absolute Gasteiger partial charge is 0.245 e. The summed E-state index contributed by atoms with van der Waals surface area (Å²) in [6, 6.07) is 1.52. The maximum atomic E-state index is 5.94. The summed E-state index contributed by atoms with van der Waals surface area (Å²) in [7, 11) is 0. The summed E-state index contributed by atoms with van der Waals surface area (Å²) in [5.41, 5.74) is 5.57. The topological polar surface area (TPSA) is 89.9 Å². The minimum Gasteiger partial charge on any atom is -0.382 e. The first-order chi connectivity index (χ1) is 8.06. The number of anilines is 2. The van der Waals surface area contributed by atoms with Gasteiger partial charge in [-0.15, -0.1) is 0 Å². The summed E-state index contributed by atoms with van der Waals surface area (Å²) in [4.78, 5) is 8.03. The number of aryl methyl sites for hydroxylation is 1. The lowest BCUT2D eigenvalue weighted by atomic mass is 10.4. The largest absolute Gasteiger partial charge is 0.382 e. The molecule has 0 radical (unpaired) electrons. The van der Waals surface area contributed by atoms with Crippen molar-refractivity contribution in [2.24, 2.45) is 0 Å². The molecule has 0 saturated carbocycles. The van der Waals surface area contributed by atoms with E-state index in [1.807, 2.05) is 0 Å². The van der Waals surface area contributed by atoms with Crippen LogP contribution in [0.2, 0.25) is 10.0 Å². The predicted molar refractivity (Wildman–Crippen MR) is 65.0 cm³/mol. The van der Waals surface area contributed by atoms with Crippen LogP contribution in [0.25, 0.3) is 0 Å². The van der Waals surface area contributed by atoms with Gasteiger partial charge in [0.15, 0.2) is 5.82 Å². The van der Waals surface area contributed by atoms with Gasteiger partial charge in [0.1, 0.15) is 11.6 Å². The Morgan fingerprint density at radius 2 is 2.12 bits per heavy atom. The Hall–Kier alpha value is -1.53. The van der Waals surface area contributed by atoms with Gasteiger partial charge in [0, 0.05) is 0 Å². The molecule has 2 rings (SSSR count). The number of pyridine rings is 1. The Kier molecular flexibility index (Phi) is 3.35. The van der Waals surface area contributed by atoms with Gasteiger partial charge in [-0.25, -0.2) is 4.98 Å². The molecule has 8 heteroatoms. The molecular formula is C9H9Cl2N5O. The quantitative estimate of drug-likeness (QED) is 0.892. The highest BCUT2D eigenvalue weighted by Gasteiger charge is 2.08. The fourth-order valence-corrected chi connectivity index (χ4v) is 1.60. The van der Waals surface area contributed by atoms with Crippen LogP contribution in [0.4, 0.5) is 11.6 Å². The van der Waals surface area contributed by atoms with Gasteiger partial charge < -0.3 is 15.6 Å². The third-order valence-corrected chi connectivity index (χ3v) is 2.52. The maximum Gasteiger partial charge on any atom is 0.245 e. The van der Waals surface area contributed by atoms with Gasteiger partial charge in [0.25, 0.3) is 0 Å². The highest BCUT2D eigenvalue weighted by atomic mass is 35.5. The second kappa shape index (κ2) is 4.77. The summed E-state index contributed by atoms with van der Waals surface area (Å²) in [5, 5.41) is 7.28. The average molecular weight is 274 g/mol. The second-order valence-corrected chi connectivity index (χ2v) is 4.09. The molecule has 2 aromatic rings. The van der Waals surface area contributed by atoms with Gasteiger partial charge >= 0.3 is 0 Å². The Balaban J connectivity index is 2.11. The molecule has 0 spiro atoms. The standard InChI is InChI=1S/C9H9Cl2N5O/c1-4-14-7(17-16-4)3-13-9-6(11)2-5(10)8(12)15-9/h2H,3H2,1H3,(H3,12,13,15). The zero-order chi connectivity index (χ0) is 12.4. The number of nitrogens with zero attached hydrogens (tertiary/aromatic N) is 3. The normalized spacial score (nSPS) is 10.5. The Labute approximate surface area is 107 Å². The van der Waals surface area contributed by atoms with E-state index >= 15 is 0 Å². The second-order valence-electron chi connectivity index (χ2n) is 3.27. The zero-order valence-electron chi connectivity index (χ0n) is 8.87. The van der Waals surface area contributed by atoms with E-state index in [-0.39, 0.29) is 5.82 Å². The first kappa shape index (κ1) is 11.9. The molecule has 0 unspecified atom stereocenters. The van der Waals surface area contributed by atoms with Gasteiger partial charge in [-0.1, -0.05) is 28.4 Å². The fourth-order valence-electron chi connectivity index (χ4n) is 1.18. The maximum absolute atomic E-state index is 5.94. The molecule has 0 bridgehead atoms. The summed E-state index contributed by atoms with van der Waals surface area (Å²) in [5.74, 6) is 1.63. The summed E-state index contributed by atoms with van der Waals surface area (Å²) in [6.07, 6.45) is 0. The number of rotatable bonds is 3. The molecule has 17 heavy (non-hydrogen) atoms. The number of halogens is 2. The predicted octanol–water partition coefficient (Wildman–Crippen LogP) is 2.27. The number of hydrogen-bond acceptors (Lipinski definition) is 6. The minimum atomic E-state index is 0.209. The van der Waals surface area contributed by atoms with Crippen molar-refractivity contribution < 1.29 is 4.52 Å². The highest BCUT2D eigenvalue weighted by molar-refractivity contribution is 6.37. The summed E-state index contributed by atoms with van der Waals surface area (Å²) < 4.78 is 4.93. The molecule has 6 nitrogen and oxygen atoms in total. The molecule has 2 heterocycles. The molecule has 0 aliphatic rings. The fraction of sp³-hybridized carbons (Fsp3) is 0.222. The summed E-state index contributed by atoms with van der Waals surface area (Å²) >= 11 is 11.7. The van der Waals surface area contributed by atoms with Crippen molar-refractivity contribution >= 4 is 34.8 Å². The van der Waals surface area contributed by atoms with E-state index in [4.69, 9.17) is 33.5 Å². The highest BCUT2D eigenvalue weighted by Crippen LogP contribution is 2.27. The number of nitrogens with two attached hydrogens (primary N) is 1. The van der Waals surface area contributed by atoms with Gasteiger partial charge in [0.2, 0.25) is 5.89 Å². The van der Waals surface area contributed by atoms with Crippen molar-refractivity contribution in [3.05, 3.63) is 27.8 Å². The average Bonchev–Trinajstić information content (AvgIpc) is 2.68. The number of hydrogen-bond donors (Lipinski definition) is 2. The molecule has 0 aliphatic carbocycles. The SMILES string of the molecule is Cc1noc(CNc2nc(N)c(Cl)cc2Cl)n1. The van der Waals surface area contributed by atoms with Crippen LogP contribution in [0.15, 0.2) is 10.6 Å². The monoisotopic (exact) mass is 273 g/mol. The number of nitrogens with one attached hydrogen (secondary N) is 1. The van der Waals surface area contributed by atoms with Crippen molar-refractivity contribution in [1.82, 2.24) is 15.1 Å². The van der Waals surface area contributed by atoms with Crippen LogP contribution in [-0.2, 0) is 6.54 Å². The molecular weight excluding hydrogens is 265 g/mol. The van der Waals surface area contributed by atoms with E-state index in [2.05, 4.69) is 20.4 Å².